The molecule has 5 heteroatoms. The van der Waals surface area contributed by atoms with E-state index in [1.54, 1.807) is 0 Å². The van der Waals surface area contributed by atoms with Crippen molar-refractivity contribution in [2.45, 2.75) is 9.34 Å². The fourth-order valence-corrected chi connectivity index (χ4v) is 1.47. The molecule has 66 valence electrons. The molecule has 0 amide bonds. The van der Waals surface area contributed by atoms with E-state index in [1.807, 2.05) is 0 Å². The molecule has 0 bridgehead atoms. The molecule has 0 fully saturated rings. The first-order valence-corrected chi connectivity index (χ1v) is 4.84. The number of halogens is 2. The Morgan fingerprint density at radius 1 is 1.67 bits per heavy atom. The van der Waals surface area contributed by atoms with Crippen molar-refractivity contribution in [2.24, 2.45) is 0 Å². The lowest BCUT2D eigenvalue weighted by Gasteiger charge is -2.24. The third-order valence-corrected chi connectivity index (χ3v) is 3.79. The molecule has 0 aromatic rings. The number of hydrogen-bond acceptors (Lipinski definition) is 2. The quantitative estimate of drug-likeness (QED) is 0.720. The lowest BCUT2D eigenvalue weighted by Crippen LogP contribution is -2.30. The minimum absolute atomic E-state index is 0.168. The molecule has 2 unspecified atom stereocenters. The number of carboxylic acid groups (broad SMARTS) is 1. The normalized spacial score (nSPS) is 34.6. The molecule has 1 aliphatic rings. The number of carbonyl (C=O) groups is 1. The summed E-state index contributed by atoms with van der Waals surface area (Å²) in [6, 6.07) is 0. The van der Waals surface area contributed by atoms with Gasteiger partial charge in [-0.3, -0.25) is 0 Å². The zero-order valence-corrected chi connectivity index (χ0v) is 9.04. The van der Waals surface area contributed by atoms with E-state index in [2.05, 4.69) is 31.9 Å². The number of aliphatic hydroxyl groups is 1. The number of aliphatic carboxylic acids is 1. The van der Waals surface area contributed by atoms with Gasteiger partial charge in [0, 0.05) is 0 Å². The van der Waals surface area contributed by atoms with Crippen LogP contribution in [0.4, 0.5) is 0 Å². The van der Waals surface area contributed by atoms with E-state index in [0.717, 1.165) is 0 Å². The Bertz CT molecular complexity index is 268. The first kappa shape index (κ1) is 9.95. The van der Waals surface area contributed by atoms with E-state index >= 15 is 0 Å². The maximum absolute atomic E-state index is 10.5. The molecular formula is C7H6Br2O3. The maximum atomic E-state index is 10.5. The third-order valence-electron chi connectivity index (χ3n) is 1.46. The van der Waals surface area contributed by atoms with E-state index in [-0.39, 0.29) is 5.57 Å². The highest BCUT2D eigenvalue weighted by Gasteiger charge is 2.31. The zero-order valence-electron chi connectivity index (χ0n) is 5.87. The van der Waals surface area contributed by atoms with Crippen molar-refractivity contribution >= 4 is 37.8 Å². The summed E-state index contributed by atoms with van der Waals surface area (Å²) in [7, 11) is 0. The van der Waals surface area contributed by atoms with Gasteiger partial charge < -0.3 is 10.2 Å². The van der Waals surface area contributed by atoms with Crippen LogP contribution in [0.3, 0.4) is 0 Å². The van der Waals surface area contributed by atoms with Crippen molar-refractivity contribution in [2.75, 3.05) is 0 Å². The van der Waals surface area contributed by atoms with Gasteiger partial charge in [0.2, 0.25) is 0 Å². The molecule has 0 radical (unpaired) electrons. The van der Waals surface area contributed by atoms with Crippen LogP contribution in [0.15, 0.2) is 23.8 Å². The van der Waals surface area contributed by atoms with Gasteiger partial charge in [0.25, 0.3) is 0 Å². The lowest BCUT2D eigenvalue weighted by atomic mass is 10.1. The summed E-state index contributed by atoms with van der Waals surface area (Å²) in [4.78, 5) is 10.0. The van der Waals surface area contributed by atoms with Crippen LogP contribution >= 0.6 is 31.9 Å². The summed E-state index contributed by atoms with van der Waals surface area (Å²) in [5, 5.41) is 18.1. The average Bonchev–Trinajstić information content (AvgIpc) is 1.94. The van der Waals surface area contributed by atoms with Crippen LogP contribution in [0, 0.1) is 0 Å². The molecule has 3 nitrogen and oxygen atoms in total. The molecule has 0 saturated carbocycles. The first-order chi connectivity index (χ1) is 5.43. The smallest absolute Gasteiger partial charge is 0.335 e. The number of rotatable bonds is 1. The zero-order chi connectivity index (χ0) is 9.35. The molecule has 0 spiro atoms. The molecule has 1 rings (SSSR count). The van der Waals surface area contributed by atoms with Crippen LogP contribution in [0.1, 0.15) is 0 Å². The molecule has 0 aliphatic heterocycles. The van der Waals surface area contributed by atoms with Crippen LogP contribution < -0.4 is 0 Å². The van der Waals surface area contributed by atoms with E-state index in [4.69, 9.17) is 5.11 Å². The Kier molecular flexibility index (Phi) is 2.75. The third kappa shape index (κ3) is 1.97. The SMILES string of the molecule is O=C(O)C1=CC(Br)C(O)(Br)C=C1. The second kappa shape index (κ2) is 3.32. The van der Waals surface area contributed by atoms with Crippen molar-refractivity contribution in [3.63, 3.8) is 0 Å². The van der Waals surface area contributed by atoms with Crippen LogP contribution in [-0.2, 0) is 4.79 Å². The van der Waals surface area contributed by atoms with Gasteiger partial charge in [0.05, 0.1) is 10.4 Å². The van der Waals surface area contributed by atoms with E-state index in [1.165, 1.54) is 18.2 Å². The fourth-order valence-electron chi connectivity index (χ4n) is 0.771. The monoisotopic (exact) mass is 296 g/mol. The molecule has 2 N–H and O–H groups in total. The predicted octanol–water partition coefficient (Wildman–Crippen LogP) is 1.41. The van der Waals surface area contributed by atoms with Crippen LogP contribution in [-0.4, -0.2) is 25.5 Å². The topological polar surface area (TPSA) is 57.5 Å². The molecule has 0 saturated heterocycles. The molecule has 0 heterocycles. The summed E-state index contributed by atoms with van der Waals surface area (Å²) >= 11 is 6.15. The summed E-state index contributed by atoms with van der Waals surface area (Å²) in [5.74, 6) is -1.00. The summed E-state index contributed by atoms with van der Waals surface area (Å²) < 4.78 is -1.19. The van der Waals surface area contributed by atoms with Gasteiger partial charge in [-0.25, -0.2) is 4.79 Å². The molecule has 2 atom stereocenters. The minimum Gasteiger partial charge on any atom is -0.478 e. The second-order valence-corrected chi connectivity index (χ2v) is 4.65. The van der Waals surface area contributed by atoms with Crippen molar-refractivity contribution in [3.8, 4) is 0 Å². The molecular weight excluding hydrogens is 292 g/mol. The van der Waals surface area contributed by atoms with Gasteiger partial charge in [0.15, 0.2) is 4.51 Å². The Balaban J connectivity index is 2.91. The highest BCUT2D eigenvalue weighted by Crippen LogP contribution is 2.32. The molecule has 0 aromatic heterocycles. The molecule has 12 heavy (non-hydrogen) atoms. The highest BCUT2D eigenvalue weighted by molar-refractivity contribution is 9.12. The van der Waals surface area contributed by atoms with E-state index in [9.17, 15) is 9.90 Å². The Labute approximate surface area is 86.0 Å². The van der Waals surface area contributed by atoms with Crippen LogP contribution in [0.2, 0.25) is 0 Å². The van der Waals surface area contributed by atoms with E-state index in [0.29, 0.717) is 0 Å². The van der Waals surface area contributed by atoms with Crippen molar-refractivity contribution in [1.82, 2.24) is 0 Å². The summed E-state index contributed by atoms with van der Waals surface area (Å²) in [6.07, 6.45) is 4.17. The van der Waals surface area contributed by atoms with E-state index < -0.39 is 15.3 Å². The standard InChI is InChI=1S/C7H6Br2O3/c8-5-3-4(6(10)11)1-2-7(5,9)12/h1-3,5,12H,(H,10,11). The summed E-state index contributed by atoms with van der Waals surface area (Å²) in [6.45, 7) is 0. The van der Waals surface area contributed by atoms with Gasteiger partial charge in [-0.05, 0) is 28.1 Å². The van der Waals surface area contributed by atoms with Crippen molar-refractivity contribution < 1.29 is 15.0 Å². The minimum atomic E-state index is -1.19. The van der Waals surface area contributed by atoms with Gasteiger partial charge in [-0.1, -0.05) is 22.0 Å². The number of carboxylic acids is 1. The maximum Gasteiger partial charge on any atom is 0.335 e. The largest absolute Gasteiger partial charge is 0.478 e. The average molecular weight is 298 g/mol. The molecule has 0 aromatic carbocycles. The van der Waals surface area contributed by atoms with Crippen LogP contribution in [0.5, 0.6) is 0 Å². The fraction of sp³-hybridized carbons (Fsp3) is 0.286. The number of alkyl halides is 2. The van der Waals surface area contributed by atoms with Gasteiger partial charge >= 0.3 is 5.97 Å². The molecule has 1 aliphatic carbocycles. The lowest BCUT2D eigenvalue weighted by molar-refractivity contribution is -0.132. The van der Waals surface area contributed by atoms with Crippen LogP contribution in [0.25, 0.3) is 0 Å². The Morgan fingerprint density at radius 2 is 2.25 bits per heavy atom. The Hall–Kier alpha value is -0.130. The first-order valence-electron chi connectivity index (χ1n) is 3.13. The Morgan fingerprint density at radius 3 is 2.67 bits per heavy atom. The van der Waals surface area contributed by atoms with Gasteiger partial charge in [-0.2, -0.15) is 0 Å². The number of hydrogen-bond donors (Lipinski definition) is 2. The van der Waals surface area contributed by atoms with Crippen molar-refractivity contribution in [1.29, 1.82) is 0 Å². The second-order valence-electron chi connectivity index (χ2n) is 2.39. The van der Waals surface area contributed by atoms with Gasteiger partial charge in [-0.15, -0.1) is 0 Å². The summed E-state index contributed by atoms with van der Waals surface area (Å²) in [5.41, 5.74) is 0.168. The highest BCUT2D eigenvalue weighted by atomic mass is 79.9. The predicted molar refractivity (Wildman–Crippen MR) is 51.5 cm³/mol. The van der Waals surface area contributed by atoms with Gasteiger partial charge in [0.1, 0.15) is 0 Å². The van der Waals surface area contributed by atoms with Crippen molar-refractivity contribution in [3.05, 3.63) is 23.8 Å².